The van der Waals surface area contributed by atoms with Crippen LogP contribution in [0.1, 0.15) is 5.56 Å². The number of aryl methyl sites for hydroxylation is 1. The van der Waals surface area contributed by atoms with Crippen molar-refractivity contribution in [2.24, 2.45) is 0 Å². The fourth-order valence-electron chi connectivity index (χ4n) is 1.52. The number of ether oxygens (including phenoxy) is 1. The van der Waals surface area contributed by atoms with Gasteiger partial charge in [-0.1, -0.05) is 0 Å². The van der Waals surface area contributed by atoms with Crippen molar-refractivity contribution < 1.29 is 9.84 Å². The maximum absolute atomic E-state index is 8.66. The molecule has 0 saturated carbocycles. The molecule has 0 saturated heterocycles. The molecule has 0 bridgehead atoms. The Labute approximate surface area is 88.3 Å². The second kappa shape index (κ2) is 4.28. The van der Waals surface area contributed by atoms with Crippen LogP contribution in [0.5, 0.6) is 5.75 Å². The predicted octanol–water partition coefficient (Wildman–Crippen LogP) is 1.91. The molecule has 3 heteroatoms. The highest BCUT2D eigenvalue weighted by Crippen LogP contribution is 2.21. The summed E-state index contributed by atoms with van der Waals surface area (Å²) >= 11 is 0. The summed E-state index contributed by atoms with van der Waals surface area (Å²) in [7, 11) is 0. The molecular formula is C12H13NO2. The van der Waals surface area contributed by atoms with Crippen molar-refractivity contribution in [3.05, 3.63) is 36.0 Å². The van der Waals surface area contributed by atoms with Gasteiger partial charge < -0.3 is 9.84 Å². The minimum Gasteiger partial charge on any atom is -0.491 e. The predicted molar refractivity (Wildman–Crippen MR) is 59.1 cm³/mol. The number of hydrogen-bond acceptors (Lipinski definition) is 3. The lowest BCUT2D eigenvalue weighted by Crippen LogP contribution is -2.01. The van der Waals surface area contributed by atoms with Gasteiger partial charge in [0.2, 0.25) is 0 Å². The van der Waals surface area contributed by atoms with Gasteiger partial charge in [0.1, 0.15) is 12.4 Å². The fourth-order valence-corrected chi connectivity index (χ4v) is 1.52. The van der Waals surface area contributed by atoms with Crippen LogP contribution >= 0.6 is 0 Å². The van der Waals surface area contributed by atoms with E-state index in [0.29, 0.717) is 6.61 Å². The molecule has 0 radical (unpaired) electrons. The highest BCUT2D eigenvalue weighted by molar-refractivity contribution is 5.83. The SMILES string of the molecule is Cc1ccnc2ccc(OCCO)cc12. The lowest BCUT2D eigenvalue weighted by atomic mass is 10.1. The summed E-state index contributed by atoms with van der Waals surface area (Å²) < 4.78 is 5.34. The largest absolute Gasteiger partial charge is 0.491 e. The number of fused-ring (bicyclic) bond motifs is 1. The molecule has 0 fully saturated rings. The summed E-state index contributed by atoms with van der Waals surface area (Å²) in [5.74, 6) is 0.771. The van der Waals surface area contributed by atoms with E-state index >= 15 is 0 Å². The first kappa shape index (κ1) is 9.93. The van der Waals surface area contributed by atoms with Gasteiger partial charge in [0, 0.05) is 11.6 Å². The van der Waals surface area contributed by atoms with E-state index in [9.17, 15) is 0 Å². The highest BCUT2D eigenvalue weighted by atomic mass is 16.5. The Morgan fingerprint density at radius 1 is 1.33 bits per heavy atom. The standard InChI is InChI=1S/C12H13NO2/c1-9-4-5-13-12-3-2-10(8-11(9)12)15-7-6-14/h2-5,8,14H,6-7H2,1H3. The van der Waals surface area contributed by atoms with E-state index in [4.69, 9.17) is 9.84 Å². The fraction of sp³-hybridized carbons (Fsp3) is 0.250. The first-order chi connectivity index (χ1) is 7.31. The highest BCUT2D eigenvalue weighted by Gasteiger charge is 2.00. The number of aromatic nitrogens is 1. The Morgan fingerprint density at radius 2 is 2.20 bits per heavy atom. The normalized spacial score (nSPS) is 10.5. The molecule has 2 rings (SSSR count). The van der Waals surface area contributed by atoms with Gasteiger partial charge in [-0.2, -0.15) is 0 Å². The van der Waals surface area contributed by atoms with E-state index in [1.54, 1.807) is 6.20 Å². The van der Waals surface area contributed by atoms with Crippen LogP contribution in [-0.4, -0.2) is 23.3 Å². The summed E-state index contributed by atoms with van der Waals surface area (Å²) in [6.45, 7) is 2.40. The number of nitrogens with zero attached hydrogens (tertiary/aromatic N) is 1. The van der Waals surface area contributed by atoms with E-state index < -0.39 is 0 Å². The van der Waals surface area contributed by atoms with Crippen LogP contribution in [0, 0.1) is 6.92 Å². The summed E-state index contributed by atoms with van der Waals surface area (Å²) in [4.78, 5) is 4.26. The molecule has 0 spiro atoms. The Bertz CT molecular complexity index is 468. The molecule has 0 amide bonds. The van der Waals surface area contributed by atoms with Crippen LogP contribution in [-0.2, 0) is 0 Å². The number of hydrogen-bond donors (Lipinski definition) is 1. The average molecular weight is 203 g/mol. The second-order valence-corrected chi connectivity index (χ2v) is 3.38. The van der Waals surface area contributed by atoms with Crippen molar-refractivity contribution in [2.75, 3.05) is 13.2 Å². The Balaban J connectivity index is 2.41. The van der Waals surface area contributed by atoms with E-state index in [1.807, 2.05) is 31.2 Å². The maximum Gasteiger partial charge on any atom is 0.120 e. The molecule has 1 N–H and O–H groups in total. The Morgan fingerprint density at radius 3 is 3.00 bits per heavy atom. The smallest absolute Gasteiger partial charge is 0.120 e. The van der Waals surface area contributed by atoms with E-state index in [0.717, 1.165) is 16.7 Å². The Hall–Kier alpha value is -1.61. The summed E-state index contributed by atoms with van der Waals surface area (Å²) in [5, 5.41) is 9.75. The number of benzene rings is 1. The lowest BCUT2D eigenvalue weighted by molar-refractivity contribution is 0.201. The van der Waals surface area contributed by atoms with Gasteiger partial charge in [0.15, 0.2) is 0 Å². The number of aliphatic hydroxyl groups excluding tert-OH is 1. The minimum atomic E-state index is 0.0318. The lowest BCUT2D eigenvalue weighted by Gasteiger charge is -2.06. The van der Waals surface area contributed by atoms with E-state index in [1.165, 1.54) is 5.56 Å². The summed E-state index contributed by atoms with van der Waals surface area (Å²) in [6, 6.07) is 7.71. The summed E-state index contributed by atoms with van der Waals surface area (Å²) in [6.07, 6.45) is 1.80. The van der Waals surface area contributed by atoms with Gasteiger partial charge in [-0.25, -0.2) is 0 Å². The molecule has 0 aliphatic heterocycles. The van der Waals surface area contributed by atoms with Crippen molar-refractivity contribution in [2.45, 2.75) is 6.92 Å². The molecule has 0 aliphatic rings. The van der Waals surface area contributed by atoms with Crippen molar-refractivity contribution in [3.63, 3.8) is 0 Å². The van der Waals surface area contributed by atoms with Crippen molar-refractivity contribution >= 4 is 10.9 Å². The van der Waals surface area contributed by atoms with Crippen LogP contribution in [0.2, 0.25) is 0 Å². The molecule has 2 aromatic rings. The van der Waals surface area contributed by atoms with Gasteiger partial charge in [-0.3, -0.25) is 4.98 Å². The first-order valence-corrected chi connectivity index (χ1v) is 4.90. The molecule has 15 heavy (non-hydrogen) atoms. The Kier molecular flexibility index (Phi) is 2.83. The molecule has 78 valence electrons. The average Bonchev–Trinajstić information content (AvgIpc) is 2.27. The van der Waals surface area contributed by atoms with Crippen LogP contribution in [0.25, 0.3) is 10.9 Å². The van der Waals surface area contributed by atoms with Crippen LogP contribution in [0.4, 0.5) is 0 Å². The third-order valence-corrected chi connectivity index (χ3v) is 2.29. The monoisotopic (exact) mass is 203 g/mol. The third kappa shape index (κ3) is 2.07. The number of pyridine rings is 1. The zero-order valence-corrected chi connectivity index (χ0v) is 8.60. The molecule has 1 heterocycles. The molecule has 3 nitrogen and oxygen atoms in total. The van der Waals surface area contributed by atoms with Crippen molar-refractivity contribution in [1.29, 1.82) is 0 Å². The van der Waals surface area contributed by atoms with Crippen molar-refractivity contribution in [3.8, 4) is 5.75 Å². The third-order valence-electron chi connectivity index (χ3n) is 2.29. The van der Waals surface area contributed by atoms with Gasteiger partial charge in [-0.15, -0.1) is 0 Å². The minimum absolute atomic E-state index is 0.0318. The van der Waals surface area contributed by atoms with E-state index in [2.05, 4.69) is 4.98 Å². The molecule has 0 aliphatic carbocycles. The first-order valence-electron chi connectivity index (χ1n) is 4.90. The second-order valence-electron chi connectivity index (χ2n) is 3.38. The van der Waals surface area contributed by atoms with Crippen LogP contribution in [0.3, 0.4) is 0 Å². The molecular weight excluding hydrogens is 190 g/mol. The molecule has 0 unspecified atom stereocenters. The van der Waals surface area contributed by atoms with Gasteiger partial charge in [0.05, 0.1) is 12.1 Å². The zero-order valence-electron chi connectivity index (χ0n) is 8.60. The quantitative estimate of drug-likeness (QED) is 0.828. The zero-order chi connectivity index (χ0) is 10.7. The summed E-state index contributed by atoms with van der Waals surface area (Å²) in [5.41, 5.74) is 2.14. The molecule has 1 aromatic carbocycles. The molecule has 0 atom stereocenters. The van der Waals surface area contributed by atoms with Gasteiger partial charge in [0.25, 0.3) is 0 Å². The topological polar surface area (TPSA) is 42.4 Å². The number of rotatable bonds is 3. The van der Waals surface area contributed by atoms with E-state index in [-0.39, 0.29) is 6.61 Å². The van der Waals surface area contributed by atoms with Crippen LogP contribution in [0.15, 0.2) is 30.5 Å². The maximum atomic E-state index is 8.66. The van der Waals surface area contributed by atoms with Gasteiger partial charge >= 0.3 is 0 Å². The van der Waals surface area contributed by atoms with Crippen LogP contribution < -0.4 is 4.74 Å². The van der Waals surface area contributed by atoms with Gasteiger partial charge in [-0.05, 0) is 36.8 Å². The number of aliphatic hydroxyl groups is 1. The van der Waals surface area contributed by atoms with Crippen molar-refractivity contribution in [1.82, 2.24) is 4.98 Å². The molecule has 1 aromatic heterocycles.